The fourth-order valence-electron chi connectivity index (χ4n) is 1.64. The van der Waals surface area contributed by atoms with Gasteiger partial charge in [0.15, 0.2) is 0 Å². The Morgan fingerprint density at radius 3 is 2.69 bits per heavy atom. The van der Waals surface area contributed by atoms with Gasteiger partial charge < -0.3 is 5.32 Å². The quantitative estimate of drug-likeness (QED) is 0.857. The highest BCUT2D eigenvalue weighted by Gasteiger charge is 2.09. The minimum absolute atomic E-state index is 0.438. The Bertz CT molecular complexity index is 399. The first-order valence-electron chi connectivity index (χ1n) is 5.33. The summed E-state index contributed by atoms with van der Waals surface area (Å²) in [6, 6.07) is 4.56. The van der Waals surface area contributed by atoms with E-state index in [1.54, 1.807) is 11.3 Å². The maximum absolute atomic E-state index is 4.31. The number of thiazole rings is 1. The first kappa shape index (κ1) is 11.2. The molecule has 1 atom stereocenters. The highest BCUT2D eigenvalue weighted by atomic mass is 32.1. The molecule has 4 heteroatoms. The van der Waals surface area contributed by atoms with E-state index in [1.807, 2.05) is 31.0 Å². The third kappa shape index (κ3) is 3.12. The Labute approximate surface area is 99.6 Å². The summed E-state index contributed by atoms with van der Waals surface area (Å²) < 4.78 is 0. The molecule has 0 fully saturated rings. The van der Waals surface area contributed by atoms with Gasteiger partial charge in [0.05, 0.1) is 5.01 Å². The van der Waals surface area contributed by atoms with Crippen molar-refractivity contribution < 1.29 is 0 Å². The Morgan fingerprint density at radius 2 is 2.06 bits per heavy atom. The highest BCUT2D eigenvalue weighted by molar-refractivity contribution is 7.09. The lowest BCUT2D eigenvalue weighted by Gasteiger charge is -2.14. The lowest BCUT2D eigenvalue weighted by atomic mass is 10.1. The van der Waals surface area contributed by atoms with E-state index in [4.69, 9.17) is 0 Å². The molecule has 0 aliphatic heterocycles. The summed E-state index contributed by atoms with van der Waals surface area (Å²) in [6.45, 7) is 0. The summed E-state index contributed by atoms with van der Waals surface area (Å²) in [7, 11) is 2.00. The van der Waals surface area contributed by atoms with E-state index >= 15 is 0 Å². The molecule has 2 heterocycles. The summed E-state index contributed by atoms with van der Waals surface area (Å²) >= 11 is 1.71. The molecule has 0 saturated heterocycles. The molecular formula is C12H15N3S. The van der Waals surface area contributed by atoms with E-state index in [9.17, 15) is 0 Å². The van der Waals surface area contributed by atoms with Gasteiger partial charge in [-0.25, -0.2) is 4.98 Å². The van der Waals surface area contributed by atoms with Gasteiger partial charge in [0.2, 0.25) is 0 Å². The summed E-state index contributed by atoms with van der Waals surface area (Å²) in [4.78, 5) is 8.34. The summed E-state index contributed by atoms with van der Waals surface area (Å²) in [5, 5.41) is 6.55. The van der Waals surface area contributed by atoms with Crippen LogP contribution in [-0.4, -0.2) is 23.1 Å². The van der Waals surface area contributed by atoms with Crippen LogP contribution in [0.2, 0.25) is 0 Å². The van der Waals surface area contributed by atoms with Gasteiger partial charge >= 0.3 is 0 Å². The number of nitrogens with zero attached hydrogens (tertiary/aromatic N) is 2. The fraction of sp³-hybridized carbons (Fsp3) is 0.333. The molecule has 0 amide bonds. The van der Waals surface area contributed by atoms with E-state index in [-0.39, 0.29) is 0 Å². The molecule has 16 heavy (non-hydrogen) atoms. The summed E-state index contributed by atoms with van der Waals surface area (Å²) in [5.41, 5.74) is 1.31. The molecule has 2 aromatic heterocycles. The lowest BCUT2D eigenvalue weighted by Crippen LogP contribution is -2.29. The maximum Gasteiger partial charge on any atom is 0.0940 e. The van der Waals surface area contributed by atoms with Crippen molar-refractivity contribution in [3.05, 3.63) is 46.7 Å². The second-order valence-electron chi connectivity index (χ2n) is 3.68. The molecule has 0 bridgehead atoms. The van der Waals surface area contributed by atoms with Crippen molar-refractivity contribution in [1.82, 2.24) is 15.3 Å². The fourth-order valence-corrected chi connectivity index (χ4v) is 2.34. The monoisotopic (exact) mass is 233 g/mol. The smallest absolute Gasteiger partial charge is 0.0940 e. The van der Waals surface area contributed by atoms with E-state index in [2.05, 4.69) is 27.4 Å². The molecule has 0 aliphatic carbocycles. The third-order valence-electron chi connectivity index (χ3n) is 2.54. The van der Waals surface area contributed by atoms with Crippen molar-refractivity contribution in [3.8, 4) is 0 Å². The van der Waals surface area contributed by atoms with Crippen molar-refractivity contribution in [1.29, 1.82) is 0 Å². The van der Waals surface area contributed by atoms with Crippen LogP contribution in [0.25, 0.3) is 0 Å². The number of pyridine rings is 1. The molecular weight excluding hydrogens is 218 g/mol. The largest absolute Gasteiger partial charge is 0.316 e. The van der Waals surface area contributed by atoms with E-state index in [0.29, 0.717) is 6.04 Å². The van der Waals surface area contributed by atoms with Crippen molar-refractivity contribution in [3.63, 3.8) is 0 Å². The van der Waals surface area contributed by atoms with Gasteiger partial charge in [-0.05, 0) is 31.2 Å². The van der Waals surface area contributed by atoms with Gasteiger partial charge in [-0.15, -0.1) is 11.3 Å². The Balaban J connectivity index is 1.96. The topological polar surface area (TPSA) is 37.8 Å². The third-order valence-corrected chi connectivity index (χ3v) is 3.35. The van der Waals surface area contributed by atoms with Gasteiger partial charge in [-0.3, -0.25) is 4.98 Å². The Hall–Kier alpha value is -1.26. The van der Waals surface area contributed by atoms with E-state index in [1.165, 1.54) is 10.6 Å². The normalized spacial score (nSPS) is 12.6. The second-order valence-corrected chi connectivity index (χ2v) is 4.65. The zero-order chi connectivity index (χ0) is 11.2. The molecule has 1 unspecified atom stereocenters. The van der Waals surface area contributed by atoms with Crippen LogP contribution in [0.4, 0.5) is 0 Å². The average Bonchev–Trinajstić information content (AvgIpc) is 2.82. The molecule has 0 aliphatic rings. The number of rotatable bonds is 5. The zero-order valence-electron chi connectivity index (χ0n) is 9.26. The van der Waals surface area contributed by atoms with Crippen molar-refractivity contribution >= 4 is 11.3 Å². The first-order valence-corrected chi connectivity index (χ1v) is 6.21. The van der Waals surface area contributed by atoms with Crippen LogP contribution in [0.5, 0.6) is 0 Å². The SMILES string of the molecule is CNC(Cc1ccncc1)Cc1nccs1. The highest BCUT2D eigenvalue weighted by Crippen LogP contribution is 2.10. The number of hydrogen-bond donors (Lipinski definition) is 1. The summed E-state index contributed by atoms with van der Waals surface area (Å²) in [6.07, 6.45) is 7.53. The number of hydrogen-bond acceptors (Lipinski definition) is 4. The van der Waals surface area contributed by atoms with Crippen LogP contribution in [0.3, 0.4) is 0 Å². The summed E-state index contributed by atoms with van der Waals surface area (Å²) in [5.74, 6) is 0. The Morgan fingerprint density at radius 1 is 1.25 bits per heavy atom. The molecule has 0 saturated carbocycles. The molecule has 2 aromatic rings. The Kier molecular flexibility index (Phi) is 4.02. The molecule has 0 spiro atoms. The molecule has 0 radical (unpaired) electrons. The predicted molar refractivity (Wildman–Crippen MR) is 66.6 cm³/mol. The van der Waals surface area contributed by atoms with Gasteiger partial charge in [-0.2, -0.15) is 0 Å². The number of likely N-dealkylation sites (N-methyl/N-ethyl adjacent to an activating group) is 1. The van der Waals surface area contributed by atoms with Gasteiger partial charge in [0, 0.05) is 36.4 Å². The predicted octanol–water partition coefficient (Wildman–Crippen LogP) is 1.91. The van der Waals surface area contributed by atoms with Gasteiger partial charge in [0.1, 0.15) is 0 Å². The number of nitrogens with one attached hydrogen (secondary N) is 1. The van der Waals surface area contributed by atoms with E-state index < -0.39 is 0 Å². The van der Waals surface area contributed by atoms with Crippen molar-refractivity contribution in [2.24, 2.45) is 0 Å². The maximum atomic E-state index is 4.31. The molecule has 3 nitrogen and oxygen atoms in total. The van der Waals surface area contributed by atoms with Crippen LogP contribution in [0, 0.1) is 0 Å². The van der Waals surface area contributed by atoms with Gasteiger partial charge in [0.25, 0.3) is 0 Å². The minimum atomic E-state index is 0.438. The lowest BCUT2D eigenvalue weighted by molar-refractivity contribution is 0.555. The van der Waals surface area contributed by atoms with Crippen molar-refractivity contribution in [2.75, 3.05) is 7.05 Å². The second kappa shape index (κ2) is 5.72. The van der Waals surface area contributed by atoms with Crippen LogP contribution < -0.4 is 5.32 Å². The zero-order valence-corrected chi connectivity index (χ0v) is 10.1. The van der Waals surface area contributed by atoms with Crippen LogP contribution in [0.15, 0.2) is 36.1 Å². The number of aromatic nitrogens is 2. The average molecular weight is 233 g/mol. The molecule has 84 valence electrons. The standard InChI is InChI=1S/C12H15N3S/c1-13-11(9-12-15-6-7-16-12)8-10-2-4-14-5-3-10/h2-7,11,13H,8-9H2,1H3. The van der Waals surface area contributed by atoms with Gasteiger partial charge in [-0.1, -0.05) is 0 Å². The molecule has 0 aromatic carbocycles. The van der Waals surface area contributed by atoms with Crippen LogP contribution in [-0.2, 0) is 12.8 Å². The van der Waals surface area contributed by atoms with Crippen LogP contribution >= 0.6 is 11.3 Å². The van der Waals surface area contributed by atoms with Crippen molar-refractivity contribution in [2.45, 2.75) is 18.9 Å². The van der Waals surface area contributed by atoms with Crippen LogP contribution in [0.1, 0.15) is 10.6 Å². The van der Waals surface area contributed by atoms with E-state index in [0.717, 1.165) is 12.8 Å². The minimum Gasteiger partial charge on any atom is -0.316 e. The first-order chi connectivity index (χ1) is 7.88. The molecule has 2 rings (SSSR count). The molecule has 1 N–H and O–H groups in total.